The molecule has 3 heteroatoms. The van der Waals surface area contributed by atoms with Crippen molar-refractivity contribution >= 4 is 5.69 Å². The Balaban J connectivity index is 2.01. The zero-order valence-electron chi connectivity index (χ0n) is 11.7. The fourth-order valence-electron chi connectivity index (χ4n) is 2.22. The van der Waals surface area contributed by atoms with Crippen LogP contribution in [0.1, 0.15) is 0 Å². The maximum Gasteiger partial charge on any atom is 0.144 e. The van der Waals surface area contributed by atoms with E-state index in [0.29, 0.717) is 0 Å². The molecule has 0 radical (unpaired) electrons. The molecule has 0 aliphatic carbocycles. The van der Waals surface area contributed by atoms with Crippen molar-refractivity contribution < 1.29 is 0 Å². The Hall–Kier alpha value is -2.55. The van der Waals surface area contributed by atoms with Gasteiger partial charge in [-0.05, 0) is 24.3 Å². The number of aromatic nitrogens is 2. The monoisotopic (exact) mass is 263 g/mol. The zero-order chi connectivity index (χ0) is 13.9. The topological polar surface area (TPSA) is 21.1 Å². The Bertz CT molecular complexity index is 682. The number of hydrogen-bond donors (Lipinski definition) is 0. The molecule has 1 heterocycles. The van der Waals surface area contributed by atoms with Crippen LogP contribution >= 0.6 is 0 Å². The van der Waals surface area contributed by atoms with Gasteiger partial charge in [0, 0.05) is 43.4 Å². The molecule has 100 valence electrons. The second-order valence-electron chi connectivity index (χ2n) is 4.90. The van der Waals surface area contributed by atoms with Crippen LogP contribution in [0.5, 0.6) is 0 Å². The van der Waals surface area contributed by atoms with Gasteiger partial charge in [-0.15, -0.1) is 0 Å². The molecule has 0 saturated carbocycles. The van der Waals surface area contributed by atoms with E-state index in [0.717, 1.165) is 17.1 Å². The highest BCUT2D eigenvalue weighted by atomic mass is 15.1. The van der Waals surface area contributed by atoms with Crippen molar-refractivity contribution in [2.75, 3.05) is 19.0 Å². The van der Waals surface area contributed by atoms with E-state index in [9.17, 15) is 0 Å². The Morgan fingerprint density at radius 3 is 2.25 bits per heavy atom. The largest absolute Gasteiger partial charge is 0.378 e. The van der Waals surface area contributed by atoms with Crippen molar-refractivity contribution in [2.24, 2.45) is 0 Å². The number of rotatable bonds is 3. The summed E-state index contributed by atoms with van der Waals surface area (Å²) >= 11 is 0. The minimum Gasteiger partial charge on any atom is -0.378 e. The molecule has 0 N–H and O–H groups in total. The fraction of sp³-hybridized carbons (Fsp3) is 0.118. The minimum atomic E-state index is 0.961. The van der Waals surface area contributed by atoms with Crippen molar-refractivity contribution in [3.8, 4) is 17.1 Å². The molecule has 3 rings (SSSR count). The van der Waals surface area contributed by atoms with Crippen LogP contribution in [0.2, 0.25) is 0 Å². The molecule has 3 aromatic rings. The summed E-state index contributed by atoms with van der Waals surface area (Å²) in [5.74, 6) is 0.961. The first kappa shape index (κ1) is 12.5. The summed E-state index contributed by atoms with van der Waals surface area (Å²) in [4.78, 5) is 6.57. The molecule has 0 fully saturated rings. The zero-order valence-corrected chi connectivity index (χ0v) is 11.7. The highest BCUT2D eigenvalue weighted by Crippen LogP contribution is 2.22. The summed E-state index contributed by atoms with van der Waals surface area (Å²) in [6, 6.07) is 18.7. The number of imidazole rings is 1. The SMILES string of the molecule is CN(C)c1ccc(-n2ccnc2-c2ccccc2)cc1. The van der Waals surface area contributed by atoms with Gasteiger partial charge in [-0.25, -0.2) is 4.98 Å². The Kier molecular flexibility index (Phi) is 3.25. The van der Waals surface area contributed by atoms with Gasteiger partial charge in [0.25, 0.3) is 0 Å². The van der Waals surface area contributed by atoms with Gasteiger partial charge in [0.15, 0.2) is 0 Å². The maximum atomic E-state index is 4.47. The molecule has 2 aromatic carbocycles. The van der Waals surface area contributed by atoms with Gasteiger partial charge < -0.3 is 4.90 Å². The van der Waals surface area contributed by atoms with Gasteiger partial charge in [0.05, 0.1) is 0 Å². The molecule has 3 nitrogen and oxygen atoms in total. The lowest BCUT2D eigenvalue weighted by Gasteiger charge is -2.14. The molecule has 0 aliphatic rings. The standard InChI is InChI=1S/C17H17N3/c1-19(2)15-8-10-16(11-9-15)20-13-12-18-17(20)14-6-4-3-5-7-14/h3-13H,1-2H3. The summed E-state index contributed by atoms with van der Waals surface area (Å²) in [6.07, 6.45) is 3.83. The van der Waals surface area contributed by atoms with E-state index in [4.69, 9.17) is 0 Å². The molecule has 20 heavy (non-hydrogen) atoms. The van der Waals surface area contributed by atoms with E-state index in [1.807, 2.05) is 44.7 Å². The maximum absolute atomic E-state index is 4.47. The Morgan fingerprint density at radius 1 is 0.900 bits per heavy atom. The third-order valence-electron chi connectivity index (χ3n) is 3.32. The molecular formula is C17H17N3. The lowest BCUT2D eigenvalue weighted by molar-refractivity contribution is 1.06. The predicted octanol–water partition coefficient (Wildman–Crippen LogP) is 3.61. The van der Waals surface area contributed by atoms with E-state index in [2.05, 4.69) is 50.8 Å². The number of anilines is 1. The fourth-order valence-corrected chi connectivity index (χ4v) is 2.22. The minimum absolute atomic E-state index is 0.961. The average molecular weight is 263 g/mol. The third-order valence-corrected chi connectivity index (χ3v) is 3.32. The first-order valence-corrected chi connectivity index (χ1v) is 6.62. The smallest absolute Gasteiger partial charge is 0.144 e. The molecule has 0 unspecified atom stereocenters. The van der Waals surface area contributed by atoms with Crippen LogP contribution < -0.4 is 4.90 Å². The van der Waals surface area contributed by atoms with Crippen molar-refractivity contribution in [2.45, 2.75) is 0 Å². The molecule has 0 aliphatic heterocycles. The van der Waals surface area contributed by atoms with Crippen LogP contribution in [0.25, 0.3) is 17.1 Å². The van der Waals surface area contributed by atoms with Crippen LogP contribution in [0.4, 0.5) is 5.69 Å². The van der Waals surface area contributed by atoms with E-state index in [-0.39, 0.29) is 0 Å². The molecular weight excluding hydrogens is 246 g/mol. The molecule has 0 amide bonds. The average Bonchev–Trinajstić information content (AvgIpc) is 2.97. The molecule has 0 saturated heterocycles. The molecule has 1 aromatic heterocycles. The van der Waals surface area contributed by atoms with E-state index in [1.165, 1.54) is 5.69 Å². The summed E-state index contributed by atoms with van der Waals surface area (Å²) in [5.41, 5.74) is 3.43. The van der Waals surface area contributed by atoms with Crippen LogP contribution in [-0.2, 0) is 0 Å². The molecule has 0 spiro atoms. The normalized spacial score (nSPS) is 10.5. The summed E-state index contributed by atoms with van der Waals surface area (Å²) < 4.78 is 2.11. The van der Waals surface area contributed by atoms with Crippen LogP contribution in [0.15, 0.2) is 67.0 Å². The predicted molar refractivity (Wildman–Crippen MR) is 83.3 cm³/mol. The van der Waals surface area contributed by atoms with Gasteiger partial charge in [-0.1, -0.05) is 30.3 Å². The number of nitrogens with zero attached hydrogens (tertiary/aromatic N) is 3. The lowest BCUT2D eigenvalue weighted by atomic mass is 10.2. The highest BCUT2D eigenvalue weighted by Gasteiger charge is 2.07. The van der Waals surface area contributed by atoms with Gasteiger partial charge in [-0.3, -0.25) is 4.57 Å². The van der Waals surface area contributed by atoms with E-state index < -0.39 is 0 Å². The van der Waals surface area contributed by atoms with Gasteiger partial charge >= 0.3 is 0 Å². The number of hydrogen-bond acceptors (Lipinski definition) is 2. The Morgan fingerprint density at radius 2 is 1.60 bits per heavy atom. The highest BCUT2D eigenvalue weighted by molar-refractivity contribution is 5.59. The van der Waals surface area contributed by atoms with Crippen LogP contribution in [-0.4, -0.2) is 23.6 Å². The first-order valence-electron chi connectivity index (χ1n) is 6.62. The summed E-state index contributed by atoms with van der Waals surface area (Å²) in [5, 5.41) is 0. The Labute approximate surface area is 119 Å². The van der Waals surface area contributed by atoms with Crippen molar-refractivity contribution in [3.05, 3.63) is 67.0 Å². The summed E-state index contributed by atoms with van der Waals surface area (Å²) in [7, 11) is 4.09. The first-order chi connectivity index (χ1) is 9.75. The quantitative estimate of drug-likeness (QED) is 0.720. The second-order valence-corrected chi connectivity index (χ2v) is 4.90. The second kappa shape index (κ2) is 5.21. The molecule has 0 bridgehead atoms. The van der Waals surface area contributed by atoms with Gasteiger partial charge in [0.2, 0.25) is 0 Å². The van der Waals surface area contributed by atoms with Crippen molar-refractivity contribution in [1.82, 2.24) is 9.55 Å². The molecule has 0 atom stereocenters. The van der Waals surface area contributed by atoms with Gasteiger partial charge in [0.1, 0.15) is 5.82 Å². The number of benzene rings is 2. The third kappa shape index (κ3) is 2.30. The van der Waals surface area contributed by atoms with Gasteiger partial charge in [-0.2, -0.15) is 0 Å². The van der Waals surface area contributed by atoms with E-state index in [1.54, 1.807) is 0 Å². The lowest BCUT2D eigenvalue weighted by Crippen LogP contribution is -2.08. The van der Waals surface area contributed by atoms with Crippen molar-refractivity contribution in [3.63, 3.8) is 0 Å². The van der Waals surface area contributed by atoms with Crippen molar-refractivity contribution in [1.29, 1.82) is 0 Å². The summed E-state index contributed by atoms with van der Waals surface area (Å²) in [6.45, 7) is 0. The van der Waals surface area contributed by atoms with E-state index >= 15 is 0 Å². The van der Waals surface area contributed by atoms with Crippen LogP contribution in [0.3, 0.4) is 0 Å². The van der Waals surface area contributed by atoms with Crippen LogP contribution in [0, 0.1) is 0 Å².